The minimum atomic E-state index is -3.44. The van der Waals surface area contributed by atoms with E-state index in [1.54, 1.807) is 30.3 Å². The zero-order valence-electron chi connectivity index (χ0n) is 9.77. The fourth-order valence-corrected chi connectivity index (χ4v) is 3.96. The molecule has 0 saturated carbocycles. The summed E-state index contributed by atoms with van der Waals surface area (Å²) in [4.78, 5) is 0.301. The first-order valence-electron chi connectivity index (χ1n) is 5.39. The summed E-state index contributed by atoms with van der Waals surface area (Å²) in [5.74, 6) is 0. The van der Waals surface area contributed by atoms with Crippen molar-refractivity contribution in [2.24, 2.45) is 0 Å². The second-order valence-electron chi connectivity index (χ2n) is 3.58. The molecule has 0 saturated heterocycles. The largest absolute Gasteiger partial charge is 0.244 e. The van der Waals surface area contributed by atoms with Crippen molar-refractivity contribution in [3.63, 3.8) is 0 Å². The van der Waals surface area contributed by atoms with Gasteiger partial charge in [-0.15, -0.1) is 6.58 Å². The number of rotatable bonds is 6. The van der Waals surface area contributed by atoms with Crippen molar-refractivity contribution < 1.29 is 8.42 Å². The monoisotopic (exact) mass is 317 g/mol. The molecule has 17 heavy (non-hydrogen) atoms. The molecule has 0 unspecified atom stereocenters. The molecule has 0 radical (unpaired) electrons. The predicted octanol–water partition coefficient (Wildman–Crippen LogP) is 3.04. The summed E-state index contributed by atoms with van der Waals surface area (Å²) in [7, 11) is -3.44. The number of nitrogens with zero attached hydrogens (tertiary/aromatic N) is 1. The lowest BCUT2D eigenvalue weighted by Crippen LogP contribution is -2.32. The Balaban J connectivity index is 3.16. The van der Waals surface area contributed by atoms with E-state index in [-0.39, 0.29) is 0 Å². The standard InChI is InChI=1S/C12H16BrNO2S/c1-3-9-14(10-4-2)17(15,16)12-8-6-5-7-11(12)13/h3,5-8H,1,4,9-10H2,2H3. The lowest BCUT2D eigenvalue weighted by Gasteiger charge is -2.20. The smallest absolute Gasteiger partial charge is 0.207 e. The summed E-state index contributed by atoms with van der Waals surface area (Å²) in [6.07, 6.45) is 2.38. The zero-order chi connectivity index (χ0) is 12.9. The van der Waals surface area contributed by atoms with E-state index in [4.69, 9.17) is 0 Å². The Morgan fingerprint density at radius 2 is 2.06 bits per heavy atom. The Bertz CT molecular complexity index is 485. The maximum absolute atomic E-state index is 12.4. The number of hydrogen-bond acceptors (Lipinski definition) is 2. The second-order valence-corrected chi connectivity index (χ2v) is 6.34. The molecule has 0 amide bonds. The Kier molecular flexibility index (Phi) is 5.36. The molecule has 3 nitrogen and oxygen atoms in total. The van der Waals surface area contributed by atoms with E-state index in [2.05, 4.69) is 22.5 Å². The van der Waals surface area contributed by atoms with Crippen LogP contribution in [0, 0.1) is 0 Å². The van der Waals surface area contributed by atoms with Crippen LogP contribution in [-0.4, -0.2) is 25.8 Å². The third kappa shape index (κ3) is 3.40. The minimum Gasteiger partial charge on any atom is -0.207 e. The van der Waals surface area contributed by atoms with Crippen LogP contribution < -0.4 is 0 Å². The van der Waals surface area contributed by atoms with Crippen LogP contribution in [0.5, 0.6) is 0 Å². The summed E-state index contributed by atoms with van der Waals surface area (Å²) < 4.78 is 26.8. The van der Waals surface area contributed by atoms with Crippen LogP contribution >= 0.6 is 15.9 Å². The van der Waals surface area contributed by atoms with Crippen LogP contribution in [0.3, 0.4) is 0 Å². The summed E-state index contributed by atoms with van der Waals surface area (Å²) in [6, 6.07) is 6.84. The Morgan fingerprint density at radius 3 is 2.59 bits per heavy atom. The Morgan fingerprint density at radius 1 is 1.41 bits per heavy atom. The van der Waals surface area contributed by atoms with Crippen molar-refractivity contribution in [2.45, 2.75) is 18.2 Å². The molecule has 0 aliphatic rings. The van der Waals surface area contributed by atoms with Gasteiger partial charge in [-0.1, -0.05) is 25.1 Å². The summed E-state index contributed by atoms with van der Waals surface area (Å²) in [6.45, 7) is 6.37. The van der Waals surface area contributed by atoms with E-state index in [1.165, 1.54) is 4.31 Å². The molecule has 1 rings (SSSR count). The molecule has 0 aliphatic heterocycles. The molecule has 0 fully saturated rings. The number of hydrogen-bond donors (Lipinski definition) is 0. The van der Waals surface area contributed by atoms with Gasteiger partial charge in [-0.3, -0.25) is 0 Å². The van der Waals surface area contributed by atoms with Gasteiger partial charge >= 0.3 is 0 Å². The van der Waals surface area contributed by atoms with E-state index in [0.717, 1.165) is 6.42 Å². The number of benzene rings is 1. The maximum atomic E-state index is 12.4. The van der Waals surface area contributed by atoms with E-state index in [1.807, 2.05) is 6.92 Å². The number of halogens is 1. The predicted molar refractivity (Wildman–Crippen MR) is 73.4 cm³/mol. The Hall–Kier alpha value is -0.650. The van der Waals surface area contributed by atoms with Gasteiger partial charge in [0.15, 0.2) is 0 Å². The van der Waals surface area contributed by atoms with Crippen LogP contribution in [0.4, 0.5) is 0 Å². The van der Waals surface area contributed by atoms with Crippen molar-refractivity contribution in [3.05, 3.63) is 41.4 Å². The lowest BCUT2D eigenvalue weighted by molar-refractivity contribution is 0.441. The van der Waals surface area contributed by atoms with E-state index >= 15 is 0 Å². The third-order valence-corrected chi connectivity index (χ3v) is 5.14. The number of sulfonamides is 1. The molecule has 0 heterocycles. The maximum Gasteiger partial charge on any atom is 0.244 e. The highest BCUT2D eigenvalue weighted by molar-refractivity contribution is 9.10. The van der Waals surface area contributed by atoms with Crippen LogP contribution in [0.1, 0.15) is 13.3 Å². The normalized spacial score (nSPS) is 11.7. The Labute approximate surface area is 111 Å². The quantitative estimate of drug-likeness (QED) is 0.756. The fourth-order valence-electron chi connectivity index (χ4n) is 1.50. The summed E-state index contributed by atoms with van der Waals surface area (Å²) in [5.41, 5.74) is 0. The molecule has 1 aromatic rings. The van der Waals surface area contributed by atoms with Gasteiger partial charge in [0.25, 0.3) is 0 Å². The second kappa shape index (κ2) is 6.33. The van der Waals surface area contributed by atoms with Crippen molar-refractivity contribution in [2.75, 3.05) is 13.1 Å². The van der Waals surface area contributed by atoms with Crippen LogP contribution in [0.25, 0.3) is 0 Å². The van der Waals surface area contributed by atoms with Gasteiger partial charge in [-0.25, -0.2) is 8.42 Å². The van der Waals surface area contributed by atoms with E-state index in [0.29, 0.717) is 22.5 Å². The van der Waals surface area contributed by atoms with Gasteiger partial charge in [0.1, 0.15) is 0 Å². The average molecular weight is 318 g/mol. The topological polar surface area (TPSA) is 37.4 Å². The summed E-state index contributed by atoms with van der Waals surface area (Å²) >= 11 is 3.27. The van der Waals surface area contributed by atoms with Gasteiger partial charge in [0, 0.05) is 17.6 Å². The van der Waals surface area contributed by atoms with Gasteiger partial charge in [-0.05, 0) is 34.5 Å². The van der Waals surface area contributed by atoms with Crippen molar-refractivity contribution in [1.82, 2.24) is 4.31 Å². The van der Waals surface area contributed by atoms with Gasteiger partial charge in [0.05, 0.1) is 4.90 Å². The average Bonchev–Trinajstić information content (AvgIpc) is 2.29. The first-order chi connectivity index (χ1) is 8.04. The molecule has 0 aliphatic carbocycles. The first kappa shape index (κ1) is 14.4. The molecular formula is C12H16BrNO2S. The molecule has 94 valence electrons. The molecule has 0 atom stereocenters. The zero-order valence-corrected chi connectivity index (χ0v) is 12.2. The molecule has 1 aromatic carbocycles. The molecule has 0 aromatic heterocycles. The first-order valence-corrected chi connectivity index (χ1v) is 7.63. The highest BCUT2D eigenvalue weighted by atomic mass is 79.9. The fraction of sp³-hybridized carbons (Fsp3) is 0.333. The molecular weight excluding hydrogens is 302 g/mol. The van der Waals surface area contributed by atoms with E-state index < -0.39 is 10.0 Å². The van der Waals surface area contributed by atoms with Crippen molar-refractivity contribution >= 4 is 26.0 Å². The molecule has 5 heteroatoms. The lowest BCUT2D eigenvalue weighted by atomic mass is 10.4. The third-order valence-electron chi connectivity index (χ3n) is 2.26. The summed E-state index contributed by atoms with van der Waals surface area (Å²) in [5, 5.41) is 0. The van der Waals surface area contributed by atoms with Crippen molar-refractivity contribution in [1.29, 1.82) is 0 Å². The van der Waals surface area contributed by atoms with Gasteiger partial charge in [0.2, 0.25) is 10.0 Å². The van der Waals surface area contributed by atoms with Crippen molar-refractivity contribution in [3.8, 4) is 0 Å². The molecule has 0 N–H and O–H groups in total. The highest BCUT2D eigenvalue weighted by Crippen LogP contribution is 2.24. The SMILES string of the molecule is C=CCN(CCC)S(=O)(=O)c1ccccc1Br. The van der Waals surface area contributed by atoms with E-state index in [9.17, 15) is 8.42 Å². The minimum absolute atomic E-state index is 0.301. The van der Waals surface area contributed by atoms with Crippen LogP contribution in [0.2, 0.25) is 0 Å². The highest BCUT2D eigenvalue weighted by Gasteiger charge is 2.24. The molecule has 0 spiro atoms. The van der Waals surface area contributed by atoms with Crippen LogP contribution in [-0.2, 0) is 10.0 Å². The van der Waals surface area contributed by atoms with Gasteiger partial charge < -0.3 is 0 Å². The van der Waals surface area contributed by atoms with Crippen LogP contribution in [0.15, 0.2) is 46.3 Å². The van der Waals surface area contributed by atoms with Gasteiger partial charge in [-0.2, -0.15) is 4.31 Å². The molecule has 0 bridgehead atoms.